The number of hydrogen-bond acceptors (Lipinski definition) is 3. The fourth-order valence-corrected chi connectivity index (χ4v) is 2.56. The van der Waals surface area contributed by atoms with E-state index in [4.69, 9.17) is 28.6 Å². The van der Waals surface area contributed by atoms with Crippen LogP contribution in [0.25, 0.3) is 0 Å². The van der Waals surface area contributed by atoms with Crippen LogP contribution in [0.5, 0.6) is 5.75 Å². The molecule has 118 valence electrons. The first kappa shape index (κ1) is 17.1. The maximum absolute atomic E-state index is 5.98. The van der Waals surface area contributed by atoms with Crippen molar-refractivity contribution >= 4 is 50.5 Å². The fraction of sp³-hybridized carbons (Fsp3) is 0.286. The summed E-state index contributed by atoms with van der Waals surface area (Å²) in [6.07, 6.45) is 4.61. The fourth-order valence-electron chi connectivity index (χ4n) is 1.85. The molecular formula is C14H16BrClN4OS. The van der Waals surface area contributed by atoms with E-state index in [0.717, 1.165) is 29.7 Å². The number of anilines is 1. The quantitative estimate of drug-likeness (QED) is 0.569. The molecule has 0 atom stereocenters. The Bertz CT molecular complexity index is 650. The Kier molecular flexibility index (Phi) is 6.48. The minimum absolute atomic E-state index is 0.530. The molecular weight excluding hydrogens is 388 g/mol. The molecule has 0 fully saturated rings. The Balaban J connectivity index is 1.77. The number of aromatic nitrogens is 2. The zero-order valence-electron chi connectivity index (χ0n) is 12.0. The van der Waals surface area contributed by atoms with Crippen molar-refractivity contribution in [2.24, 2.45) is 0 Å². The summed E-state index contributed by atoms with van der Waals surface area (Å²) in [5.74, 6) is 0.690. The zero-order chi connectivity index (χ0) is 15.9. The van der Waals surface area contributed by atoms with Gasteiger partial charge in [0.25, 0.3) is 0 Å². The summed E-state index contributed by atoms with van der Waals surface area (Å²) in [7, 11) is 1.60. The van der Waals surface area contributed by atoms with Gasteiger partial charge in [-0.25, -0.2) is 0 Å². The highest BCUT2D eigenvalue weighted by molar-refractivity contribution is 9.10. The molecule has 2 aromatic rings. The Morgan fingerprint density at radius 3 is 3.00 bits per heavy atom. The molecule has 1 aromatic carbocycles. The van der Waals surface area contributed by atoms with Gasteiger partial charge in [0, 0.05) is 24.3 Å². The van der Waals surface area contributed by atoms with Gasteiger partial charge in [0.05, 0.1) is 23.5 Å². The third-order valence-corrected chi connectivity index (χ3v) is 3.75. The van der Waals surface area contributed by atoms with Gasteiger partial charge in [-0.3, -0.25) is 4.68 Å². The number of ether oxygens (including phenoxy) is 1. The first-order valence-electron chi connectivity index (χ1n) is 6.65. The summed E-state index contributed by atoms with van der Waals surface area (Å²) in [5.41, 5.74) is 0.739. The molecule has 0 aliphatic carbocycles. The van der Waals surface area contributed by atoms with Gasteiger partial charge in [-0.05, 0) is 52.8 Å². The Morgan fingerprint density at radius 2 is 2.32 bits per heavy atom. The summed E-state index contributed by atoms with van der Waals surface area (Å²) in [4.78, 5) is 0. The topological polar surface area (TPSA) is 51.1 Å². The van der Waals surface area contributed by atoms with Crippen LogP contribution in [0.2, 0.25) is 5.02 Å². The Labute approximate surface area is 148 Å². The van der Waals surface area contributed by atoms with Crippen molar-refractivity contribution in [3.8, 4) is 5.75 Å². The third kappa shape index (κ3) is 5.15. The first-order chi connectivity index (χ1) is 10.6. The molecule has 0 aliphatic rings. The highest BCUT2D eigenvalue weighted by Crippen LogP contribution is 2.27. The van der Waals surface area contributed by atoms with E-state index in [0.29, 0.717) is 15.9 Å². The highest BCUT2D eigenvalue weighted by atomic mass is 79.9. The number of hydrogen-bond donors (Lipinski definition) is 2. The van der Waals surface area contributed by atoms with Crippen LogP contribution >= 0.6 is 39.7 Å². The van der Waals surface area contributed by atoms with E-state index in [-0.39, 0.29) is 0 Å². The summed E-state index contributed by atoms with van der Waals surface area (Å²) in [6, 6.07) is 5.34. The molecule has 5 nitrogen and oxygen atoms in total. The van der Waals surface area contributed by atoms with E-state index in [1.165, 1.54) is 0 Å². The zero-order valence-corrected chi connectivity index (χ0v) is 15.1. The smallest absolute Gasteiger partial charge is 0.170 e. The molecule has 1 aromatic heterocycles. The van der Waals surface area contributed by atoms with Gasteiger partial charge >= 0.3 is 0 Å². The number of halogens is 2. The highest BCUT2D eigenvalue weighted by Gasteiger charge is 2.05. The molecule has 2 rings (SSSR count). The molecule has 0 spiro atoms. The van der Waals surface area contributed by atoms with Gasteiger partial charge in [-0.15, -0.1) is 0 Å². The maximum Gasteiger partial charge on any atom is 0.170 e. The number of nitrogens with one attached hydrogen (secondary N) is 2. The lowest BCUT2D eigenvalue weighted by molar-refractivity contribution is 0.417. The minimum Gasteiger partial charge on any atom is -0.495 e. The molecule has 0 unspecified atom stereocenters. The lowest BCUT2D eigenvalue weighted by Crippen LogP contribution is -2.30. The van der Waals surface area contributed by atoms with Crippen LogP contribution in [0, 0.1) is 0 Å². The van der Waals surface area contributed by atoms with Crippen LogP contribution in [0.4, 0.5) is 5.69 Å². The second-order valence-electron chi connectivity index (χ2n) is 4.50. The molecule has 1 heterocycles. The predicted molar refractivity (Wildman–Crippen MR) is 96.8 cm³/mol. The number of rotatable bonds is 6. The number of methoxy groups -OCH3 is 1. The Morgan fingerprint density at radius 1 is 1.50 bits per heavy atom. The van der Waals surface area contributed by atoms with Gasteiger partial charge in [0.1, 0.15) is 5.75 Å². The van der Waals surface area contributed by atoms with Gasteiger partial charge in [-0.2, -0.15) is 5.10 Å². The van der Waals surface area contributed by atoms with Crippen LogP contribution in [0.15, 0.2) is 35.1 Å². The van der Waals surface area contributed by atoms with Crippen molar-refractivity contribution in [2.75, 3.05) is 19.0 Å². The van der Waals surface area contributed by atoms with Crippen LogP contribution < -0.4 is 15.4 Å². The second-order valence-corrected chi connectivity index (χ2v) is 6.26. The van der Waals surface area contributed by atoms with Crippen LogP contribution in [0.3, 0.4) is 0 Å². The summed E-state index contributed by atoms with van der Waals surface area (Å²) in [5, 5.41) is 11.6. The predicted octanol–water partition coefficient (Wildman–Crippen LogP) is 3.68. The van der Waals surface area contributed by atoms with Crippen molar-refractivity contribution < 1.29 is 4.74 Å². The van der Waals surface area contributed by atoms with Gasteiger partial charge < -0.3 is 15.4 Å². The average Bonchev–Trinajstić information content (AvgIpc) is 2.89. The monoisotopic (exact) mass is 402 g/mol. The molecule has 0 saturated heterocycles. The average molecular weight is 404 g/mol. The second kappa shape index (κ2) is 8.36. The number of thiocarbonyl (C=S) groups is 1. The summed E-state index contributed by atoms with van der Waals surface area (Å²) >= 11 is 14.6. The van der Waals surface area contributed by atoms with Crippen molar-refractivity contribution in [3.63, 3.8) is 0 Å². The van der Waals surface area contributed by atoms with E-state index in [1.807, 2.05) is 10.9 Å². The van der Waals surface area contributed by atoms with Crippen LogP contribution in [0.1, 0.15) is 6.42 Å². The van der Waals surface area contributed by atoms with E-state index < -0.39 is 0 Å². The summed E-state index contributed by atoms with van der Waals surface area (Å²) in [6.45, 7) is 1.56. The van der Waals surface area contributed by atoms with Crippen LogP contribution in [-0.2, 0) is 6.54 Å². The largest absolute Gasteiger partial charge is 0.495 e. The van der Waals surface area contributed by atoms with E-state index in [1.54, 1.807) is 31.5 Å². The number of aryl methyl sites for hydroxylation is 1. The van der Waals surface area contributed by atoms with Crippen molar-refractivity contribution in [1.29, 1.82) is 0 Å². The molecule has 0 bridgehead atoms. The summed E-state index contributed by atoms with van der Waals surface area (Å²) < 4.78 is 8.12. The van der Waals surface area contributed by atoms with E-state index in [2.05, 4.69) is 31.7 Å². The van der Waals surface area contributed by atoms with Crippen molar-refractivity contribution in [1.82, 2.24) is 15.1 Å². The van der Waals surface area contributed by atoms with Gasteiger partial charge in [-0.1, -0.05) is 11.6 Å². The SMILES string of the molecule is COc1ccc(Cl)cc1NC(=S)NCCCn1cc(Br)cn1. The van der Waals surface area contributed by atoms with E-state index in [9.17, 15) is 0 Å². The van der Waals surface area contributed by atoms with Crippen molar-refractivity contribution in [3.05, 3.63) is 40.1 Å². The standard InChI is InChI=1S/C14H16BrClN4OS/c1-21-13-4-3-11(16)7-12(13)19-14(22)17-5-2-6-20-9-10(15)8-18-20/h3-4,7-9H,2,5-6H2,1H3,(H2,17,19,22). The molecule has 2 N–H and O–H groups in total. The van der Waals surface area contributed by atoms with Gasteiger partial charge in [0.15, 0.2) is 5.11 Å². The molecule has 0 aliphatic heterocycles. The molecule has 0 saturated carbocycles. The lowest BCUT2D eigenvalue weighted by atomic mass is 10.3. The minimum atomic E-state index is 0.530. The van der Waals surface area contributed by atoms with E-state index >= 15 is 0 Å². The lowest BCUT2D eigenvalue weighted by Gasteiger charge is -2.13. The van der Waals surface area contributed by atoms with Crippen molar-refractivity contribution in [2.45, 2.75) is 13.0 Å². The number of nitrogens with zero attached hydrogens (tertiary/aromatic N) is 2. The normalized spacial score (nSPS) is 10.3. The molecule has 0 amide bonds. The molecule has 22 heavy (non-hydrogen) atoms. The third-order valence-electron chi connectivity index (χ3n) is 2.86. The van der Waals surface area contributed by atoms with Gasteiger partial charge in [0.2, 0.25) is 0 Å². The molecule has 8 heteroatoms. The Hall–Kier alpha value is -1.31. The molecule has 0 radical (unpaired) electrons. The first-order valence-corrected chi connectivity index (χ1v) is 8.23. The van der Waals surface area contributed by atoms with Crippen LogP contribution in [-0.4, -0.2) is 28.5 Å². The maximum atomic E-state index is 5.98. The number of benzene rings is 1.